The van der Waals surface area contributed by atoms with E-state index in [1.807, 2.05) is 6.92 Å². The van der Waals surface area contributed by atoms with Gasteiger partial charge in [0.05, 0.1) is 35.8 Å². The van der Waals surface area contributed by atoms with E-state index in [-0.39, 0.29) is 42.2 Å². The molecule has 8 heteroatoms. The van der Waals surface area contributed by atoms with Crippen LogP contribution in [-0.2, 0) is 19.1 Å². The molecule has 0 aromatic carbocycles. The lowest BCUT2D eigenvalue weighted by Crippen LogP contribution is -2.59. The number of carbonyl (C=O) groups is 3. The van der Waals surface area contributed by atoms with Gasteiger partial charge in [-0.05, 0) is 32.1 Å². The van der Waals surface area contributed by atoms with Crippen molar-refractivity contribution >= 4 is 29.5 Å². The Hall–Kier alpha value is -1.54. The van der Waals surface area contributed by atoms with Gasteiger partial charge in [0.2, 0.25) is 11.8 Å². The summed E-state index contributed by atoms with van der Waals surface area (Å²) in [6.07, 6.45) is 4.86. The molecule has 7 nitrogen and oxygen atoms in total. The highest BCUT2D eigenvalue weighted by Gasteiger charge is 2.77. The minimum absolute atomic E-state index is 0.0202. The van der Waals surface area contributed by atoms with Gasteiger partial charge in [0.15, 0.2) is 0 Å². The van der Waals surface area contributed by atoms with E-state index in [0.29, 0.717) is 19.5 Å². The quantitative estimate of drug-likeness (QED) is 0.372. The fourth-order valence-corrected chi connectivity index (χ4v) is 8.41. The van der Waals surface area contributed by atoms with Crippen LogP contribution in [-0.4, -0.2) is 81.1 Å². The Morgan fingerprint density at radius 2 is 2.12 bits per heavy atom. The number of ether oxygens (including phenoxy) is 1. The van der Waals surface area contributed by atoms with Crippen LogP contribution in [0.4, 0.5) is 0 Å². The summed E-state index contributed by atoms with van der Waals surface area (Å²) in [6, 6.07) is -1.15. The molecule has 3 saturated heterocycles. The van der Waals surface area contributed by atoms with Gasteiger partial charge in [0.1, 0.15) is 6.04 Å². The van der Waals surface area contributed by atoms with Gasteiger partial charge in [-0.1, -0.05) is 33.3 Å². The van der Waals surface area contributed by atoms with Gasteiger partial charge in [-0.2, -0.15) is 0 Å². The number of hydrogen-bond acceptors (Lipinski definition) is 6. The number of nitrogens with zero attached hydrogens (tertiary/aromatic N) is 2. The number of rotatable bonds is 11. The van der Waals surface area contributed by atoms with Crippen molar-refractivity contribution in [3.63, 3.8) is 0 Å². The Balaban J connectivity index is 2.10. The van der Waals surface area contributed by atoms with E-state index in [0.717, 1.165) is 19.3 Å². The molecule has 0 saturated carbocycles. The van der Waals surface area contributed by atoms with Crippen LogP contribution in [0.5, 0.6) is 0 Å². The summed E-state index contributed by atoms with van der Waals surface area (Å²) in [4.78, 5) is 44.3. The third-order valence-corrected chi connectivity index (χ3v) is 9.57. The fourth-order valence-electron chi connectivity index (χ4n) is 6.02. The molecular weight excluding hydrogens is 428 g/mol. The Kier molecular flexibility index (Phi) is 7.97. The van der Waals surface area contributed by atoms with Crippen LogP contribution in [0.3, 0.4) is 0 Å². The van der Waals surface area contributed by atoms with Crippen LogP contribution in [0.25, 0.3) is 0 Å². The van der Waals surface area contributed by atoms with Crippen molar-refractivity contribution in [1.82, 2.24) is 9.80 Å². The first-order valence-corrected chi connectivity index (χ1v) is 12.9. The second-order valence-electron chi connectivity index (χ2n) is 9.22. The molecule has 3 rings (SSSR count). The van der Waals surface area contributed by atoms with Crippen molar-refractivity contribution in [3.8, 4) is 0 Å². The summed E-state index contributed by atoms with van der Waals surface area (Å²) in [5, 5.41) is 10.1. The Bertz CT molecular complexity index is 742. The zero-order valence-corrected chi connectivity index (χ0v) is 20.6. The van der Waals surface area contributed by atoms with Gasteiger partial charge in [0.25, 0.3) is 0 Å². The van der Waals surface area contributed by atoms with Crippen LogP contribution in [0, 0.1) is 17.8 Å². The number of esters is 1. The second-order valence-corrected chi connectivity index (χ2v) is 10.8. The number of thioether (sulfide) groups is 1. The maximum absolute atomic E-state index is 14.1. The van der Waals surface area contributed by atoms with Crippen molar-refractivity contribution in [2.75, 3.05) is 26.3 Å². The van der Waals surface area contributed by atoms with Crippen molar-refractivity contribution < 1.29 is 24.2 Å². The Labute approximate surface area is 195 Å². The lowest BCUT2D eigenvalue weighted by Gasteiger charge is -2.42. The molecular formula is C24H38N2O5S. The molecule has 0 aliphatic carbocycles. The number of fused-ring (bicyclic) bond motifs is 1. The number of carbonyl (C=O) groups excluding carboxylic acids is 3. The highest BCUT2D eigenvalue weighted by Crippen LogP contribution is 2.69. The zero-order valence-electron chi connectivity index (χ0n) is 19.8. The van der Waals surface area contributed by atoms with Crippen LogP contribution in [0.1, 0.15) is 53.4 Å². The average Bonchev–Trinajstić information content (AvgIpc) is 3.36. The van der Waals surface area contributed by atoms with Gasteiger partial charge in [-0.15, -0.1) is 18.3 Å². The van der Waals surface area contributed by atoms with Crippen molar-refractivity contribution in [2.24, 2.45) is 17.8 Å². The number of unbranched alkanes of at least 4 members (excludes halogenated alkanes) is 1. The van der Waals surface area contributed by atoms with Crippen LogP contribution >= 0.6 is 11.8 Å². The van der Waals surface area contributed by atoms with Gasteiger partial charge in [-0.3, -0.25) is 14.4 Å². The monoisotopic (exact) mass is 466 g/mol. The maximum atomic E-state index is 14.1. The standard InChI is InChI=1S/C24H38N2O5S/c1-6-10-12-25(11-7-2)22(29)20-24-15(5)13-17(32-24)18(23(30)31-9-4)19(24)21(28)26(20)16(8-3)14-27/h7,15-20,27H,2,6,8-14H2,1,3-5H3/t15?,16-,17+,18-,19-,20?,24?/m0/s1. The van der Waals surface area contributed by atoms with Gasteiger partial charge in [0, 0.05) is 18.3 Å². The van der Waals surface area contributed by atoms with Gasteiger partial charge in [-0.25, -0.2) is 0 Å². The molecule has 1 spiro atoms. The van der Waals surface area contributed by atoms with E-state index in [1.165, 1.54) is 0 Å². The zero-order chi connectivity index (χ0) is 23.6. The molecule has 180 valence electrons. The van der Waals surface area contributed by atoms with Crippen LogP contribution in [0.2, 0.25) is 0 Å². The molecule has 7 atom stereocenters. The second kappa shape index (κ2) is 10.2. The van der Waals surface area contributed by atoms with Gasteiger partial charge >= 0.3 is 5.97 Å². The molecule has 32 heavy (non-hydrogen) atoms. The number of likely N-dealkylation sites (tertiary alicyclic amines) is 1. The van der Waals surface area contributed by atoms with E-state index in [2.05, 4.69) is 20.4 Å². The van der Waals surface area contributed by atoms with Crippen molar-refractivity contribution in [3.05, 3.63) is 12.7 Å². The number of hydrogen-bond donors (Lipinski definition) is 1. The topological polar surface area (TPSA) is 87.2 Å². The summed E-state index contributed by atoms with van der Waals surface area (Å²) in [5.41, 5.74) is 0. The van der Waals surface area contributed by atoms with Gasteiger partial charge < -0.3 is 19.6 Å². The predicted molar refractivity (Wildman–Crippen MR) is 125 cm³/mol. The summed E-state index contributed by atoms with van der Waals surface area (Å²) in [5.74, 6) is -1.64. The lowest BCUT2D eigenvalue weighted by atomic mass is 9.66. The van der Waals surface area contributed by atoms with E-state index in [9.17, 15) is 19.5 Å². The smallest absolute Gasteiger partial charge is 0.310 e. The summed E-state index contributed by atoms with van der Waals surface area (Å²) >= 11 is 1.64. The largest absolute Gasteiger partial charge is 0.466 e. The molecule has 2 bridgehead atoms. The summed E-state index contributed by atoms with van der Waals surface area (Å²) in [7, 11) is 0. The molecule has 0 radical (unpaired) electrons. The lowest BCUT2D eigenvalue weighted by molar-refractivity contribution is -0.154. The summed E-state index contributed by atoms with van der Waals surface area (Å²) in [6.45, 7) is 12.7. The molecule has 3 fully saturated rings. The predicted octanol–water partition coefficient (Wildman–Crippen LogP) is 2.47. The Morgan fingerprint density at radius 1 is 1.41 bits per heavy atom. The molecule has 3 aliphatic heterocycles. The SMILES string of the molecule is C=CCN(CCCC)C(=O)C1N([C@@H](CC)CO)C(=O)[C@@H]2[C@@H](C(=O)OCC)[C@H]3CC(C)C12S3. The van der Waals surface area contributed by atoms with Crippen molar-refractivity contribution in [2.45, 2.75) is 75.5 Å². The van der Waals surface area contributed by atoms with E-state index < -0.39 is 28.7 Å². The number of amides is 2. The Morgan fingerprint density at radius 3 is 2.69 bits per heavy atom. The van der Waals surface area contributed by atoms with Crippen LogP contribution in [0.15, 0.2) is 12.7 Å². The summed E-state index contributed by atoms with van der Waals surface area (Å²) < 4.78 is 4.69. The minimum Gasteiger partial charge on any atom is -0.466 e. The van der Waals surface area contributed by atoms with E-state index in [1.54, 1.807) is 34.6 Å². The average molecular weight is 467 g/mol. The van der Waals surface area contributed by atoms with Crippen molar-refractivity contribution in [1.29, 1.82) is 0 Å². The third kappa shape index (κ3) is 3.77. The maximum Gasteiger partial charge on any atom is 0.310 e. The highest BCUT2D eigenvalue weighted by atomic mass is 32.2. The first-order chi connectivity index (χ1) is 15.3. The number of aliphatic hydroxyl groups excluding tert-OH is 1. The normalized spacial score (nSPS) is 33.8. The van der Waals surface area contributed by atoms with Crippen LogP contribution < -0.4 is 0 Å². The van der Waals surface area contributed by atoms with E-state index in [4.69, 9.17) is 4.74 Å². The molecule has 2 amide bonds. The minimum atomic E-state index is -0.696. The first kappa shape index (κ1) is 25.1. The molecule has 1 N–H and O–H groups in total. The molecule has 3 unspecified atom stereocenters. The molecule has 0 aromatic rings. The van der Waals surface area contributed by atoms with E-state index >= 15 is 0 Å². The first-order valence-electron chi connectivity index (χ1n) is 12.0. The molecule has 3 aliphatic rings. The highest BCUT2D eigenvalue weighted by molar-refractivity contribution is 8.02. The molecule has 0 aromatic heterocycles. The fraction of sp³-hybridized carbons (Fsp3) is 0.792. The third-order valence-electron chi connectivity index (χ3n) is 7.49. The molecule has 3 heterocycles. The number of aliphatic hydroxyl groups is 1.